The number of hydrogen-bond acceptors (Lipinski definition) is 8. The Morgan fingerprint density at radius 1 is 0.971 bits per heavy atom. The van der Waals surface area contributed by atoms with Crippen LogP contribution in [0.3, 0.4) is 0 Å². The Hall–Kier alpha value is -3.11. The third kappa shape index (κ3) is 4.01. The summed E-state index contributed by atoms with van der Waals surface area (Å²) in [5.74, 6) is 3.42. The number of nitrogens with zero attached hydrogens (tertiary/aromatic N) is 1. The topological polar surface area (TPSA) is 98.4 Å². The highest BCUT2D eigenvalue weighted by Gasteiger charge is 2.44. The zero-order chi connectivity index (χ0) is 23.1. The largest absolute Gasteiger partial charge is 0.454 e. The van der Waals surface area contributed by atoms with Gasteiger partial charge >= 0.3 is 0 Å². The number of benzene rings is 2. The fraction of sp³-hybridized carbons (Fsp3) is 0.417. The number of fused-ring (bicyclic) bond motifs is 2. The summed E-state index contributed by atoms with van der Waals surface area (Å²) in [7, 11) is 0. The van der Waals surface area contributed by atoms with Crippen molar-refractivity contribution in [2.45, 2.75) is 30.3 Å². The lowest BCUT2D eigenvalue weighted by Gasteiger charge is -2.39. The number of amides is 2. The van der Waals surface area contributed by atoms with Crippen LogP contribution in [0.1, 0.15) is 28.8 Å². The van der Waals surface area contributed by atoms with Crippen molar-refractivity contribution < 1.29 is 28.5 Å². The number of piperidine rings is 1. The van der Waals surface area contributed by atoms with E-state index < -0.39 is 0 Å². The molecule has 4 aliphatic rings. The molecule has 2 saturated heterocycles. The molecule has 1 atom stereocenters. The molecule has 2 fully saturated rings. The van der Waals surface area contributed by atoms with Gasteiger partial charge in [0.1, 0.15) is 0 Å². The second kappa shape index (κ2) is 8.59. The summed E-state index contributed by atoms with van der Waals surface area (Å²) in [6.45, 7) is 2.13. The summed E-state index contributed by atoms with van der Waals surface area (Å²) in [5, 5.41) is 6.57. The van der Waals surface area contributed by atoms with Crippen molar-refractivity contribution in [2.75, 3.05) is 32.4 Å². The van der Waals surface area contributed by atoms with E-state index in [9.17, 15) is 9.59 Å². The number of carbonyl (C=O) groups is 2. The summed E-state index contributed by atoms with van der Waals surface area (Å²) < 4.78 is 21.5. The molecule has 1 unspecified atom stereocenters. The Kier molecular flexibility index (Phi) is 5.41. The SMILES string of the molecule is O=C(NCc1ccc2c(c1)OCO2)C1CSC2(CCN(C(=O)c3ccc4c(c3)OCO4)CC2)N1. The van der Waals surface area contributed by atoms with Gasteiger partial charge < -0.3 is 29.2 Å². The van der Waals surface area contributed by atoms with Crippen LogP contribution in [0.5, 0.6) is 23.0 Å². The maximum atomic E-state index is 13.0. The van der Waals surface area contributed by atoms with E-state index in [1.54, 1.807) is 30.0 Å². The summed E-state index contributed by atoms with van der Waals surface area (Å²) >= 11 is 1.78. The van der Waals surface area contributed by atoms with Crippen LogP contribution in [0.2, 0.25) is 0 Å². The van der Waals surface area contributed by atoms with E-state index >= 15 is 0 Å². The lowest BCUT2D eigenvalue weighted by molar-refractivity contribution is -0.122. The number of ether oxygens (including phenoxy) is 4. The Labute approximate surface area is 201 Å². The number of nitrogens with one attached hydrogen (secondary N) is 2. The van der Waals surface area contributed by atoms with Gasteiger partial charge in [-0.1, -0.05) is 6.07 Å². The number of hydrogen-bond donors (Lipinski definition) is 2. The molecule has 2 amide bonds. The highest BCUT2D eigenvalue weighted by molar-refractivity contribution is 8.01. The predicted molar refractivity (Wildman–Crippen MR) is 124 cm³/mol. The lowest BCUT2D eigenvalue weighted by atomic mass is 10.0. The highest BCUT2D eigenvalue weighted by Crippen LogP contribution is 2.40. The van der Waals surface area contributed by atoms with Crippen LogP contribution in [0.25, 0.3) is 0 Å². The van der Waals surface area contributed by atoms with Crippen molar-refractivity contribution in [3.8, 4) is 23.0 Å². The molecular formula is C24H25N3O6S. The molecule has 178 valence electrons. The minimum Gasteiger partial charge on any atom is -0.454 e. The summed E-state index contributed by atoms with van der Waals surface area (Å²) in [5.41, 5.74) is 1.57. The predicted octanol–water partition coefficient (Wildman–Crippen LogP) is 2.10. The zero-order valence-electron chi connectivity index (χ0n) is 18.5. The fourth-order valence-electron chi connectivity index (χ4n) is 4.72. The van der Waals surface area contributed by atoms with E-state index in [0.29, 0.717) is 48.2 Å². The van der Waals surface area contributed by atoms with Gasteiger partial charge in [0.05, 0.1) is 10.9 Å². The van der Waals surface area contributed by atoms with Crippen molar-refractivity contribution in [2.24, 2.45) is 0 Å². The third-order valence-corrected chi connectivity index (χ3v) is 8.24. The fourth-order valence-corrected chi connectivity index (χ4v) is 6.14. The molecule has 6 rings (SSSR count). The molecule has 9 nitrogen and oxygen atoms in total. The molecule has 10 heteroatoms. The molecule has 34 heavy (non-hydrogen) atoms. The first-order valence-electron chi connectivity index (χ1n) is 11.4. The average Bonchev–Trinajstić information content (AvgIpc) is 3.61. The van der Waals surface area contributed by atoms with Gasteiger partial charge in [-0.05, 0) is 48.7 Å². The van der Waals surface area contributed by atoms with Gasteiger partial charge in [0.15, 0.2) is 23.0 Å². The zero-order valence-corrected chi connectivity index (χ0v) is 19.3. The van der Waals surface area contributed by atoms with Crippen molar-refractivity contribution in [1.82, 2.24) is 15.5 Å². The standard InChI is InChI=1S/C24H25N3O6S/c28-22(25-11-15-1-3-18-20(9-15)32-13-30-18)17-12-34-24(26-17)5-7-27(8-6-24)23(29)16-2-4-19-21(10-16)33-14-31-19/h1-4,9-10,17,26H,5-8,11-14H2,(H,25,28). The monoisotopic (exact) mass is 483 g/mol. The van der Waals surface area contributed by atoms with Crippen LogP contribution in [0, 0.1) is 0 Å². The van der Waals surface area contributed by atoms with Gasteiger partial charge in [-0.25, -0.2) is 0 Å². The molecule has 1 spiro atoms. The molecule has 0 aliphatic carbocycles. The van der Waals surface area contributed by atoms with E-state index in [2.05, 4.69) is 10.6 Å². The summed E-state index contributed by atoms with van der Waals surface area (Å²) in [4.78, 5) is 27.5. The molecule has 0 bridgehead atoms. The maximum Gasteiger partial charge on any atom is 0.253 e. The van der Waals surface area contributed by atoms with Crippen molar-refractivity contribution in [1.29, 1.82) is 0 Å². The van der Waals surface area contributed by atoms with E-state index in [1.807, 2.05) is 23.1 Å². The van der Waals surface area contributed by atoms with Gasteiger partial charge in [-0.15, -0.1) is 11.8 Å². The second-order valence-electron chi connectivity index (χ2n) is 8.77. The number of thioether (sulfide) groups is 1. The van der Waals surface area contributed by atoms with Crippen LogP contribution >= 0.6 is 11.8 Å². The smallest absolute Gasteiger partial charge is 0.253 e. The second-order valence-corrected chi connectivity index (χ2v) is 10.2. The number of rotatable bonds is 4. The first-order chi connectivity index (χ1) is 16.6. The van der Waals surface area contributed by atoms with Crippen LogP contribution < -0.4 is 29.6 Å². The summed E-state index contributed by atoms with van der Waals surface area (Å²) in [6, 6.07) is 10.7. The molecule has 0 saturated carbocycles. The molecule has 0 aromatic heterocycles. The van der Waals surface area contributed by atoms with Crippen molar-refractivity contribution in [3.63, 3.8) is 0 Å². The van der Waals surface area contributed by atoms with Crippen molar-refractivity contribution in [3.05, 3.63) is 47.5 Å². The van der Waals surface area contributed by atoms with E-state index in [-0.39, 0.29) is 36.3 Å². The van der Waals surface area contributed by atoms with Gasteiger partial charge in [0.2, 0.25) is 19.5 Å². The molecule has 4 heterocycles. The van der Waals surface area contributed by atoms with Crippen LogP contribution in [0.15, 0.2) is 36.4 Å². The van der Waals surface area contributed by atoms with Crippen LogP contribution in [-0.4, -0.2) is 60.1 Å². The Morgan fingerprint density at radius 2 is 1.65 bits per heavy atom. The molecule has 0 radical (unpaired) electrons. The quantitative estimate of drug-likeness (QED) is 0.683. The van der Waals surface area contributed by atoms with Crippen LogP contribution in [-0.2, 0) is 11.3 Å². The van der Waals surface area contributed by atoms with Gasteiger partial charge in [0, 0.05) is 31.0 Å². The minimum absolute atomic E-state index is 0.00540. The molecule has 2 aromatic rings. The minimum atomic E-state index is -0.255. The Bertz CT molecular complexity index is 1130. The molecular weight excluding hydrogens is 458 g/mol. The van der Waals surface area contributed by atoms with E-state index in [0.717, 1.165) is 24.2 Å². The van der Waals surface area contributed by atoms with E-state index in [1.165, 1.54) is 0 Å². The van der Waals surface area contributed by atoms with Crippen LogP contribution in [0.4, 0.5) is 0 Å². The molecule has 4 aliphatic heterocycles. The first-order valence-corrected chi connectivity index (χ1v) is 12.3. The number of likely N-dealkylation sites (tertiary alicyclic amines) is 1. The third-order valence-electron chi connectivity index (χ3n) is 6.66. The summed E-state index contributed by atoms with van der Waals surface area (Å²) in [6.07, 6.45) is 1.58. The maximum absolute atomic E-state index is 13.0. The molecule has 2 N–H and O–H groups in total. The van der Waals surface area contributed by atoms with E-state index in [4.69, 9.17) is 18.9 Å². The van der Waals surface area contributed by atoms with Crippen molar-refractivity contribution >= 4 is 23.6 Å². The average molecular weight is 484 g/mol. The molecule has 2 aromatic carbocycles. The van der Waals surface area contributed by atoms with Gasteiger partial charge in [-0.2, -0.15) is 0 Å². The highest BCUT2D eigenvalue weighted by atomic mass is 32.2. The first kappa shape index (κ1) is 21.4. The Balaban J connectivity index is 1.01. The Morgan fingerprint density at radius 3 is 2.41 bits per heavy atom. The van der Waals surface area contributed by atoms with Gasteiger partial charge in [0.25, 0.3) is 5.91 Å². The van der Waals surface area contributed by atoms with Gasteiger partial charge in [-0.3, -0.25) is 14.9 Å². The lowest BCUT2D eigenvalue weighted by Crippen LogP contribution is -2.54. The number of carbonyl (C=O) groups excluding carboxylic acids is 2. The normalized spacial score (nSPS) is 21.6.